The first-order valence-corrected chi connectivity index (χ1v) is 9.18. The van der Waals surface area contributed by atoms with Crippen LogP contribution in [0.15, 0.2) is 47.3 Å². The van der Waals surface area contributed by atoms with Gasteiger partial charge in [-0.3, -0.25) is 9.30 Å². The molecule has 0 aliphatic carbocycles. The number of rotatable bonds is 3. The monoisotopic (exact) mass is 415 g/mol. The van der Waals surface area contributed by atoms with Crippen molar-refractivity contribution in [1.82, 2.24) is 19.3 Å². The zero-order valence-electron chi connectivity index (χ0n) is 13.9. The maximum atomic E-state index is 12.0. The van der Waals surface area contributed by atoms with E-state index in [1.165, 1.54) is 4.90 Å². The van der Waals surface area contributed by atoms with Crippen LogP contribution in [0.1, 0.15) is 30.3 Å². The minimum atomic E-state index is -0.927. The van der Waals surface area contributed by atoms with Gasteiger partial charge in [-0.15, -0.1) is 0 Å². The van der Waals surface area contributed by atoms with Crippen LogP contribution in [-0.2, 0) is 6.42 Å². The molecule has 2 atom stereocenters. The summed E-state index contributed by atoms with van der Waals surface area (Å²) in [6, 6.07) is 9.57. The van der Waals surface area contributed by atoms with Gasteiger partial charge in [-0.1, -0.05) is 30.3 Å². The number of aromatic nitrogens is 3. The molecule has 1 saturated heterocycles. The van der Waals surface area contributed by atoms with Gasteiger partial charge in [-0.25, -0.2) is 14.8 Å². The molecule has 0 spiro atoms. The number of amides is 1. The highest BCUT2D eigenvalue weighted by Crippen LogP contribution is 2.38. The molecule has 2 aromatic heterocycles. The third kappa shape index (κ3) is 2.80. The highest BCUT2D eigenvalue weighted by Gasteiger charge is 2.40. The van der Waals surface area contributed by atoms with Crippen molar-refractivity contribution in [2.45, 2.75) is 31.3 Å². The molecule has 3 aromatic rings. The molecule has 8 heteroatoms. The molecule has 1 aliphatic rings. The fraction of sp³-hybridized carbons (Fsp3) is 0.278. The SMILES string of the molecule is Nc1nccn2c(C3CCC(Cc4ccccc4)N3C(=O)O)nc(Br)c12. The number of imidazole rings is 1. The summed E-state index contributed by atoms with van der Waals surface area (Å²) >= 11 is 3.42. The summed E-state index contributed by atoms with van der Waals surface area (Å²) < 4.78 is 2.41. The summed E-state index contributed by atoms with van der Waals surface area (Å²) in [5, 5.41) is 9.87. The minimum Gasteiger partial charge on any atom is -0.465 e. The number of nitrogens with zero attached hydrogens (tertiary/aromatic N) is 4. The van der Waals surface area contributed by atoms with Gasteiger partial charge >= 0.3 is 6.09 Å². The average Bonchev–Trinajstić information content (AvgIpc) is 3.18. The molecule has 0 bridgehead atoms. The molecule has 1 fully saturated rings. The van der Waals surface area contributed by atoms with Crippen LogP contribution in [0.25, 0.3) is 5.52 Å². The van der Waals surface area contributed by atoms with E-state index in [0.717, 1.165) is 18.4 Å². The largest absolute Gasteiger partial charge is 0.465 e. The topological polar surface area (TPSA) is 96.8 Å². The Morgan fingerprint density at radius 3 is 2.81 bits per heavy atom. The van der Waals surface area contributed by atoms with Crippen molar-refractivity contribution in [2.24, 2.45) is 0 Å². The van der Waals surface area contributed by atoms with Crippen LogP contribution in [-0.4, -0.2) is 36.5 Å². The summed E-state index contributed by atoms with van der Waals surface area (Å²) in [5.74, 6) is 1.03. The molecule has 0 radical (unpaired) electrons. The molecule has 3 N–H and O–H groups in total. The molecule has 4 rings (SSSR count). The number of hydrogen-bond acceptors (Lipinski definition) is 4. The number of fused-ring (bicyclic) bond motifs is 1. The number of hydrogen-bond donors (Lipinski definition) is 2. The number of carbonyl (C=O) groups is 1. The molecular formula is C18H18BrN5O2. The zero-order chi connectivity index (χ0) is 18.3. The summed E-state index contributed by atoms with van der Waals surface area (Å²) in [5.41, 5.74) is 7.76. The Bertz CT molecular complexity index is 959. The predicted octanol–water partition coefficient (Wildman–Crippen LogP) is 3.50. The van der Waals surface area contributed by atoms with Crippen molar-refractivity contribution in [3.8, 4) is 0 Å². The van der Waals surface area contributed by atoms with Crippen molar-refractivity contribution in [2.75, 3.05) is 5.73 Å². The number of nitrogen functional groups attached to an aromatic ring is 1. The Balaban J connectivity index is 1.71. The van der Waals surface area contributed by atoms with E-state index in [1.54, 1.807) is 12.4 Å². The molecule has 0 saturated carbocycles. The van der Waals surface area contributed by atoms with Gasteiger partial charge < -0.3 is 10.8 Å². The van der Waals surface area contributed by atoms with Crippen molar-refractivity contribution in [1.29, 1.82) is 0 Å². The van der Waals surface area contributed by atoms with Crippen molar-refractivity contribution in [3.05, 3.63) is 58.7 Å². The number of anilines is 1. The van der Waals surface area contributed by atoms with Gasteiger partial charge in [0.25, 0.3) is 0 Å². The number of carboxylic acid groups (broad SMARTS) is 1. The molecule has 134 valence electrons. The molecule has 1 amide bonds. The van der Waals surface area contributed by atoms with Crippen LogP contribution < -0.4 is 5.73 Å². The maximum Gasteiger partial charge on any atom is 0.408 e. The molecule has 3 heterocycles. The Morgan fingerprint density at radius 2 is 2.08 bits per heavy atom. The van der Waals surface area contributed by atoms with Crippen molar-refractivity contribution < 1.29 is 9.90 Å². The molecular weight excluding hydrogens is 398 g/mol. The fourth-order valence-electron chi connectivity index (χ4n) is 3.79. The van der Waals surface area contributed by atoms with E-state index in [9.17, 15) is 9.90 Å². The number of likely N-dealkylation sites (tertiary alicyclic amines) is 1. The number of benzene rings is 1. The van der Waals surface area contributed by atoms with Gasteiger partial charge in [0.1, 0.15) is 15.9 Å². The second kappa shape index (κ2) is 6.60. The standard InChI is InChI=1S/C18H18BrN5O2/c19-15-14-16(20)21-8-9-23(14)17(22-15)13-7-6-12(24(13)18(25)26)10-11-4-2-1-3-5-11/h1-5,8-9,12-13H,6-7,10H2,(H2,20,21)(H,25,26). The summed E-state index contributed by atoms with van der Waals surface area (Å²) in [6.45, 7) is 0. The lowest BCUT2D eigenvalue weighted by molar-refractivity contribution is 0.119. The van der Waals surface area contributed by atoms with Crippen LogP contribution >= 0.6 is 15.9 Å². The van der Waals surface area contributed by atoms with Crippen molar-refractivity contribution in [3.63, 3.8) is 0 Å². The first-order chi connectivity index (χ1) is 12.6. The molecule has 2 unspecified atom stereocenters. The van der Waals surface area contributed by atoms with Crippen LogP contribution in [0.5, 0.6) is 0 Å². The second-order valence-corrected chi connectivity index (χ2v) is 7.17. The van der Waals surface area contributed by atoms with Gasteiger partial charge in [0.15, 0.2) is 5.82 Å². The first kappa shape index (κ1) is 16.8. The van der Waals surface area contributed by atoms with E-state index in [-0.39, 0.29) is 12.1 Å². The highest BCUT2D eigenvalue weighted by molar-refractivity contribution is 9.10. The van der Waals surface area contributed by atoms with E-state index in [2.05, 4.69) is 25.9 Å². The van der Waals surface area contributed by atoms with Gasteiger partial charge in [0.2, 0.25) is 0 Å². The summed E-state index contributed by atoms with van der Waals surface area (Å²) in [7, 11) is 0. The minimum absolute atomic E-state index is 0.0785. The third-order valence-electron chi connectivity index (χ3n) is 4.90. The van der Waals surface area contributed by atoms with E-state index >= 15 is 0 Å². The van der Waals surface area contributed by atoms with Crippen LogP contribution in [0.2, 0.25) is 0 Å². The summed E-state index contributed by atoms with van der Waals surface area (Å²) in [6.07, 6.45) is 4.64. The van der Waals surface area contributed by atoms with Crippen LogP contribution in [0.3, 0.4) is 0 Å². The lowest BCUT2D eigenvalue weighted by atomic mass is 10.0. The Hall–Kier alpha value is -2.61. The fourth-order valence-corrected chi connectivity index (χ4v) is 4.37. The van der Waals surface area contributed by atoms with Crippen LogP contribution in [0.4, 0.5) is 10.6 Å². The Labute approximate surface area is 158 Å². The lowest BCUT2D eigenvalue weighted by Crippen LogP contribution is -2.38. The van der Waals surface area contributed by atoms with E-state index < -0.39 is 6.09 Å². The highest BCUT2D eigenvalue weighted by atomic mass is 79.9. The Kier molecular flexibility index (Phi) is 4.28. The second-order valence-electron chi connectivity index (χ2n) is 6.42. The first-order valence-electron chi connectivity index (χ1n) is 8.39. The van der Waals surface area contributed by atoms with Gasteiger partial charge in [-0.05, 0) is 40.8 Å². The van der Waals surface area contributed by atoms with Gasteiger partial charge in [-0.2, -0.15) is 0 Å². The maximum absolute atomic E-state index is 12.0. The van der Waals surface area contributed by atoms with Crippen LogP contribution in [0, 0.1) is 0 Å². The van der Waals surface area contributed by atoms with E-state index in [4.69, 9.17) is 5.73 Å². The molecule has 26 heavy (non-hydrogen) atoms. The third-order valence-corrected chi connectivity index (χ3v) is 5.46. The normalized spacial score (nSPS) is 20.0. The smallest absolute Gasteiger partial charge is 0.408 e. The predicted molar refractivity (Wildman–Crippen MR) is 101 cm³/mol. The molecule has 1 aromatic carbocycles. The number of halogens is 1. The average molecular weight is 416 g/mol. The summed E-state index contributed by atoms with van der Waals surface area (Å²) in [4.78, 5) is 22.2. The van der Waals surface area contributed by atoms with Gasteiger partial charge in [0.05, 0.1) is 6.04 Å². The van der Waals surface area contributed by atoms with E-state index in [1.807, 2.05) is 34.7 Å². The molecule has 7 nitrogen and oxygen atoms in total. The Morgan fingerprint density at radius 1 is 1.31 bits per heavy atom. The van der Waals surface area contributed by atoms with Gasteiger partial charge in [0, 0.05) is 18.4 Å². The number of nitrogens with two attached hydrogens (primary N) is 1. The van der Waals surface area contributed by atoms with E-state index in [0.29, 0.717) is 28.2 Å². The lowest BCUT2D eigenvalue weighted by Gasteiger charge is -2.27. The zero-order valence-corrected chi connectivity index (χ0v) is 15.5. The quantitative estimate of drug-likeness (QED) is 0.681. The van der Waals surface area contributed by atoms with Crippen molar-refractivity contribution >= 4 is 33.4 Å². The molecule has 1 aliphatic heterocycles.